The summed E-state index contributed by atoms with van der Waals surface area (Å²) in [5.41, 5.74) is 2.20. The second-order valence-electron chi connectivity index (χ2n) is 9.45. The van der Waals surface area contributed by atoms with Gasteiger partial charge in [-0.3, -0.25) is 14.2 Å². The monoisotopic (exact) mass is 545 g/mol. The quantitative estimate of drug-likeness (QED) is 0.219. The average Bonchev–Trinajstić information content (AvgIpc) is 3.23. The van der Waals surface area contributed by atoms with Gasteiger partial charge in [0.25, 0.3) is 5.56 Å². The number of fused-ring (bicyclic) bond motifs is 3. The largest absolute Gasteiger partial charge is 0.418 e. The number of hydrogen-bond acceptors (Lipinski definition) is 5. The highest BCUT2D eigenvalue weighted by Gasteiger charge is 2.39. The number of thioether (sulfide) groups is 2. The van der Waals surface area contributed by atoms with E-state index in [1.165, 1.54) is 18.2 Å². The maximum Gasteiger partial charge on any atom is 0.418 e. The normalized spacial score (nSPS) is 18.8. The van der Waals surface area contributed by atoms with E-state index in [0.717, 1.165) is 60.2 Å². The molecular formula is C27H26F3N3O2S2. The molecule has 1 N–H and O–H groups in total. The van der Waals surface area contributed by atoms with E-state index < -0.39 is 17.6 Å². The molecule has 2 atom stereocenters. The number of para-hydroxylation sites is 1. The molecule has 5 rings (SSSR count). The van der Waals surface area contributed by atoms with E-state index in [-0.39, 0.29) is 22.9 Å². The van der Waals surface area contributed by atoms with Crippen molar-refractivity contribution in [1.29, 1.82) is 0 Å². The summed E-state index contributed by atoms with van der Waals surface area (Å²) < 4.78 is 41.6. The van der Waals surface area contributed by atoms with Crippen LogP contribution >= 0.6 is 23.5 Å². The molecule has 1 aromatic heterocycles. The van der Waals surface area contributed by atoms with Gasteiger partial charge in [0.15, 0.2) is 5.16 Å². The molecule has 3 aromatic rings. The van der Waals surface area contributed by atoms with E-state index in [9.17, 15) is 22.8 Å². The lowest BCUT2D eigenvalue weighted by atomic mass is 9.85. The van der Waals surface area contributed by atoms with Crippen LogP contribution in [0.1, 0.15) is 53.9 Å². The molecule has 1 amide bonds. The van der Waals surface area contributed by atoms with Gasteiger partial charge in [-0.15, -0.1) is 11.8 Å². The molecule has 0 saturated heterocycles. The zero-order chi connectivity index (χ0) is 26.3. The van der Waals surface area contributed by atoms with Crippen LogP contribution < -0.4 is 10.9 Å². The number of benzene rings is 2. The number of carbonyl (C=O) groups is 1. The second kappa shape index (κ2) is 10.2. The molecule has 37 heavy (non-hydrogen) atoms. The average molecular weight is 546 g/mol. The standard InChI is InChI=1S/C27H26F3N3O2S2/c1-15-11-12-17(13-16(15)2)33-25(35)23-18-7-3-6-10-21(18)37-24(23)32-26(33)36-14-22(34)31-20-9-5-4-8-19(20)27(28,29)30/h4-5,8-9,11-13,18,21H,3,6-7,10,14H2,1-2H3,(H,31,34). The maximum absolute atomic E-state index is 13.9. The Hall–Kier alpha value is -2.72. The minimum Gasteiger partial charge on any atom is -0.325 e. The maximum atomic E-state index is 13.9. The summed E-state index contributed by atoms with van der Waals surface area (Å²) in [5.74, 6) is -0.628. The zero-order valence-electron chi connectivity index (χ0n) is 20.4. The fraction of sp³-hybridized carbons (Fsp3) is 0.370. The molecule has 10 heteroatoms. The number of aryl methyl sites for hydroxylation is 2. The van der Waals surface area contributed by atoms with Crippen molar-refractivity contribution < 1.29 is 18.0 Å². The molecule has 2 unspecified atom stereocenters. The minimum atomic E-state index is -4.59. The SMILES string of the molecule is Cc1ccc(-n2c(SCC(=O)Nc3ccccc3C(F)(F)F)nc3c(c2=O)C2CCCCC2S3)cc1C. The lowest BCUT2D eigenvalue weighted by Gasteiger charge is -2.24. The van der Waals surface area contributed by atoms with Gasteiger partial charge in [0.1, 0.15) is 5.03 Å². The number of halogens is 3. The zero-order valence-corrected chi connectivity index (χ0v) is 22.0. The molecule has 2 aromatic carbocycles. The Morgan fingerprint density at radius 3 is 2.65 bits per heavy atom. The lowest BCUT2D eigenvalue weighted by Crippen LogP contribution is -2.29. The summed E-state index contributed by atoms with van der Waals surface area (Å²) in [6, 6.07) is 10.6. The van der Waals surface area contributed by atoms with Gasteiger partial charge in [0, 0.05) is 11.2 Å². The summed E-state index contributed by atoms with van der Waals surface area (Å²) >= 11 is 2.69. The molecule has 1 aliphatic carbocycles. The van der Waals surface area contributed by atoms with Crippen LogP contribution in [-0.4, -0.2) is 26.5 Å². The van der Waals surface area contributed by atoms with Gasteiger partial charge in [0.05, 0.1) is 28.3 Å². The first kappa shape index (κ1) is 25.9. The Morgan fingerprint density at radius 2 is 1.89 bits per heavy atom. The molecule has 1 fully saturated rings. The van der Waals surface area contributed by atoms with E-state index in [1.54, 1.807) is 16.3 Å². The second-order valence-corrected chi connectivity index (χ2v) is 11.6. The molecule has 0 bridgehead atoms. The van der Waals surface area contributed by atoms with E-state index >= 15 is 0 Å². The third-order valence-corrected chi connectivity index (χ3v) is 9.32. The van der Waals surface area contributed by atoms with E-state index in [1.807, 2.05) is 32.0 Å². The number of nitrogens with one attached hydrogen (secondary N) is 1. The predicted molar refractivity (Wildman–Crippen MR) is 141 cm³/mol. The predicted octanol–water partition coefficient (Wildman–Crippen LogP) is 6.73. The van der Waals surface area contributed by atoms with Crippen molar-refractivity contribution >= 4 is 35.1 Å². The molecule has 0 radical (unpaired) electrons. The third kappa shape index (κ3) is 5.18. The molecule has 194 valence electrons. The molecule has 1 aliphatic heterocycles. The van der Waals surface area contributed by atoms with Crippen molar-refractivity contribution in [3.63, 3.8) is 0 Å². The van der Waals surface area contributed by atoms with Crippen molar-refractivity contribution in [3.05, 3.63) is 75.1 Å². The van der Waals surface area contributed by atoms with Gasteiger partial charge in [-0.25, -0.2) is 4.98 Å². The number of aromatic nitrogens is 2. The van der Waals surface area contributed by atoms with Gasteiger partial charge in [-0.05, 0) is 62.1 Å². The Bertz CT molecular complexity index is 1420. The number of rotatable bonds is 5. The number of amides is 1. The Kier molecular flexibility index (Phi) is 7.15. The first-order chi connectivity index (χ1) is 17.6. The first-order valence-corrected chi connectivity index (χ1v) is 14.0. The molecule has 2 heterocycles. The summed E-state index contributed by atoms with van der Waals surface area (Å²) in [4.78, 5) is 31.4. The first-order valence-electron chi connectivity index (χ1n) is 12.1. The topological polar surface area (TPSA) is 64.0 Å². The van der Waals surface area contributed by atoms with E-state index in [2.05, 4.69) is 5.32 Å². The van der Waals surface area contributed by atoms with Crippen molar-refractivity contribution in [2.45, 2.75) is 67.1 Å². The van der Waals surface area contributed by atoms with Gasteiger partial charge < -0.3 is 5.32 Å². The molecule has 1 saturated carbocycles. The van der Waals surface area contributed by atoms with Crippen LogP contribution in [0.2, 0.25) is 0 Å². The molecule has 2 aliphatic rings. The number of hydrogen-bond donors (Lipinski definition) is 1. The van der Waals surface area contributed by atoms with E-state index in [4.69, 9.17) is 4.98 Å². The Labute approximate surface area is 221 Å². The van der Waals surface area contributed by atoms with E-state index in [0.29, 0.717) is 21.1 Å². The van der Waals surface area contributed by atoms with Crippen molar-refractivity contribution in [2.75, 3.05) is 11.1 Å². The van der Waals surface area contributed by atoms with Crippen LogP contribution in [0.4, 0.5) is 18.9 Å². The lowest BCUT2D eigenvalue weighted by molar-refractivity contribution is -0.137. The Balaban J connectivity index is 1.48. The van der Waals surface area contributed by atoms with Crippen LogP contribution in [0.25, 0.3) is 5.69 Å². The van der Waals surface area contributed by atoms with Gasteiger partial charge in [0.2, 0.25) is 5.91 Å². The summed E-state index contributed by atoms with van der Waals surface area (Å²) in [6.07, 6.45) is -0.369. The Morgan fingerprint density at radius 1 is 1.14 bits per heavy atom. The van der Waals surface area contributed by atoms with Crippen molar-refractivity contribution in [3.8, 4) is 5.69 Å². The highest BCUT2D eigenvalue weighted by Crippen LogP contribution is 2.50. The number of carbonyl (C=O) groups excluding carboxylic acids is 1. The van der Waals surface area contributed by atoms with Gasteiger partial charge in [-0.2, -0.15) is 13.2 Å². The minimum absolute atomic E-state index is 0.125. The van der Waals surface area contributed by atoms with Crippen LogP contribution in [0.15, 0.2) is 57.4 Å². The van der Waals surface area contributed by atoms with Gasteiger partial charge >= 0.3 is 6.18 Å². The third-order valence-electron chi connectivity index (χ3n) is 6.98. The van der Waals surface area contributed by atoms with Crippen LogP contribution in [-0.2, 0) is 11.0 Å². The molecule has 0 spiro atoms. The summed E-state index contributed by atoms with van der Waals surface area (Å²) in [5, 5.41) is 3.78. The molecular weight excluding hydrogens is 519 g/mol. The fourth-order valence-electron chi connectivity index (χ4n) is 4.96. The highest BCUT2D eigenvalue weighted by molar-refractivity contribution is 8.00. The number of nitrogens with zero attached hydrogens (tertiary/aromatic N) is 2. The highest BCUT2D eigenvalue weighted by atomic mass is 32.2. The summed E-state index contributed by atoms with van der Waals surface area (Å²) in [6.45, 7) is 3.96. The van der Waals surface area contributed by atoms with Crippen molar-refractivity contribution in [2.24, 2.45) is 0 Å². The number of anilines is 1. The van der Waals surface area contributed by atoms with Gasteiger partial charge in [-0.1, -0.05) is 42.8 Å². The molecule has 5 nitrogen and oxygen atoms in total. The van der Waals surface area contributed by atoms with Crippen LogP contribution in [0, 0.1) is 13.8 Å². The fourth-order valence-corrected chi connectivity index (χ4v) is 7.34. The van der Waals surface area contributed by atoms with Crippen LogP contribution in [0.3, 0.4) is 0 Å². The van der Waals surface area contributed by atoms with Crippen LogP contribution in [0.5, 0.6) is 0 Å². The van der Waals surface area contributed by atoms with Crippen molar-refractivity contribution in [1.82, 2.24) is 9.55 Å². The smallest absolute Gasteiger partial charge is 0.325 e. The number of alkyl halides is 3. The summed E-state index contributed by atoms with van der Waals surface area (Å²) in [7, 11) is 0.